The number of aromatic amines is 1. The monoisotopic (exact) mass is 327 g/mol. The summed E-state index contributed by atoms with van der Waals surface area (Å²) in [5.41, 5.74) is 1.04. The molecule has 1 aromatic heterocycles. The first-order chi connectivity index (χ1) is 11.6. The lowest BCUT2D eigenvalue weighted by Gasteiger charge is -2.12. The number of urea groups is 1. The van der Waals surface area contributed by atoms with Crippen molar-refractivity contribution in [3.63, 3.8) is 0 Å². The summed E-state index contributed by atoms with van der Waals surface area (Å²) in [5, 5.41) is 5.08. The van der Waals surface area contributed by atoms with E-state index in [4.69, 9.17) is 0 Å². The number of aromatic nitrogens is 2. The number of H-pyrrole nitrogens is 1. The van der Waals surface area contributed by atoms with Crippen LogP contribution in [-0.2, 0) is 16.0 Å². The van der Waals surface area contributed by atoms with Gasteiger partial charge in [-0.2, -0.15) is 0 Å². The minimum absolute atomic E-state index is 0.132. The zero-order chi connectivity index (χ0) is 16.9. The van der Waals surface area contributed by atoms with Gasteiger partial charge in [0, 0.05) is 18.9 Å². The van der Waals surface area contributed by atoms with Crippen LogP contribution in [0.25, 0.3) is 0 Å². The van der Waals surface area contributed by atoms with Gasteiger partial charge in [-0.1, -0.05) is 30.3 Å². The molecule has 3 N–H and O–H groups in total. The SMILES string of the molecule is O=C(C[C@H]1NC(=O)N(CCc2ccccc2)C1=O)Nc1ncc[nH]1. The third kappa shape index (κ3) is 3.60. The van der Waals surface area contributed by atoms with Crippen molar-refractivity contribution in [3.8, 4) is 0 Å². The molecule has 1 aliphatic heterocycles. The molecule has 124 valence electrons. The van der Waals surface area contributed by atoms with Gasteiger partial charge in [-0.3, -0.25) is 19.8 Å². The number of benzene rings is 1. The van der Waals surface area contributed by atoms with Gasteiger partial charge < -0.3 is 10.3 Å². The molecular formula is C16H17N5O3. The standard InChI is InChI=1S/C16H17N5O3/c22-13(20-15-17-7-8-18-15)10-12-14(23)21(16(24)19-12)9-6-11-4-2-1-3-5-11/h1-5,7-8,12H,6,9-10H2,(H,19,24)(H2,17,18,20,22)/t12-/m1/s1. The fraction of sp³-hybridized carbons (Fsp3) is 0.250. The second-order valence-electron chi connectivity index (χ2n) is 5.42. The third-order valence-electron chi connectivity index (χ3n) is 3.72. The summed E-state index contributed by atoms with van der Waals surface area (Å²) in [6.45, 7) is 0.283. The number of imide groups is 1. The van der Waals surface area contributed by atoms with E-state index >= 15 is 0 Å². The maximum atomic E-state index is 12.3. The molecule has 24 heavy (non-hydrogen) atoms. The molecule has 0 radical (unpaired) electrons. The van der Waals surface area contributed by atoms with Crippen LogP contribution >= 0.6 is 0 Å². The molecule has 1 atom stereocenters. The van der Waals surface area contributed by atoms with Crippen molar-refractivity contribution in [3.05, 3.63) is 48.3 Å². The van der Waals surface area contributed by atoms with Crippen LogP contribution in [0.2, 0.25) is 0 Å². The molecule has 1 saturated heterocycles. The van der Waals surface area contributed by atoms with Crippen molar-refractivity contribution in [1.82, 2.24) is 20.2 Å². The molecule has 1 fully saturated rings. The van der Waals surface area contributed by atoms with E-state index in [2.05, 4.69) is 20.6 Å². The van der Waals surface area contributed by atoms with Crippen LogP contribution in [0.1, 0.15) is 12.0 Å². The predicted molar refractivity (Wildman–Crippen MR) is 86.0 cm³/mol. The number of rotatable bonds is 6. The third-order valence-corrected chi connectivity index (χ3v) is 3.72. The Hall–Kier alpha value is -3.16. The van der Waals surface area contributed by atoms with Crippen LogP contribution in [0.5, 0.6) is 0 Å². The van der Waals surface area contributed by atoms with Crippen LogP contribution in [0.4, 0.5) is 10.7 Å². The average molecular weight is 327 g/mol. The van der Waals surface area contributed by atoms with Crippen LogP contribution in [-0.4, -0.2) is 45.3 Å². The Morgan fingerprint density at radius 1 is 1.25 bits per heavy atom. The number of hydrogen-bond acceptors (Lipinski definition) is 4. The van der Waals surface area contributed by atoms with E-state index in [0.29, 0.717) is 12.4 Å². The molecule has 1 aliphatic rings. The van der Waals surface area contributed by atoms with E-state index in [-0.39, 0.29) is 18.9 Å². The summed E-state index contributed by atoms with van der Waals surface area (Å²) in [7, 11) is 0. The highest BCUT2D eigenvalue weighted by Crippen LogP contribution is 2.12. The van der Waals surface area contributed by atoms with Crippen LogP contribution in [0.3, 0.4) is 0 Å². The molecular weight excluding hydrogens is 310 g/mol. The van der Waals surface area contributed by atoms with Gasteiger partial charge in [-0.15, -0.1) is 0 Å². The largest absolute Gasteiger partial charge is 0.331 e. The zero-order valence-electron chi connectivity index (χ0n) is 12.9. The Labute approximate surface area is 138 Å². The number of nitrogens with one attached hydrogen (secondary N) is 3. The maximum Gasteiger partial charge on any atom is 0.324 e. The summed E-state index contributed by atoms with van der Waals surface area (Å²) >= 11 is 0. The van der Waals surface area contributed by atoms with Crippen molar-refractivity contribution in [2.75, 3.05) is 11.9 Å². The van der Waals surface area contributed by atoms with Gasteiger partial charge in [0.15, 0.2) is 0 Å². The predicted octanol–water partition coefficient (Wildman–Crippen LogP) is 0.901. The summed E-state index contributed by atoms with van der Waals surface area (Å²) in [4.78, 5) is 43.9. The molecule has 0 unspecified atom stereocenters. The van der Waals surface area contributed by atoms with Gasteiger partial charge in [0.1, 0.15) is 6.04 Å². The molecule has 1 aromatic carbocycles. The summed E-state index contributed by atoms with van der Waals surface area (Å²) in [6.07, 6.45) is 3.52. The van der Waals surface area contributed by atoms with Gasteiger partial charge in [0.2, 0.25) is 11.9 Å². The van der Waals surface area contributed by atoms with Crippen molar-refractivity contribution in [1.29, 1.82) is 0 Å². The number of carbonyl (C=O) groups excluding carboxylic acids is 3. The topological polar surface area (TPSA) is 107 Å². The number of imidazole rings is 1. The fourth-order valence-corrected chi connectivity index (χ4v) is 2.51. The summed E-state index contributed by atoms with van der Waals surface area (Å²) < 4.78 is 0. The van der Waals surface area contributed by atoms with Gasteiger partial charge >= 0.3 is 6.03 Å². The first-order valence-corrected chi connectivity index (χ1v) is 7.58. The highest BCUT2D eigenvalue weighted by atomic mass is 16.2. The molecule has 2 heterocycles. The van der Waals surface area contributed by atoms with E-state index in [9.17, 15) is 14.4 Å². The molecule has 4 amide bonds. The Balaban J connectivity index is 1.54. The van der Waals surface area contributed by atoms with Gasteiger partial charge in [0.05, 0.1) is 6.42 Å². The van der Waals surface area contributed by atoms with E-state index < -0.39 is 18.0 Å². The quantitative estimate of drug-likeness (QED) is 0.685. The van der Waals surface area contributed by atoms with Crippen molar-refractivity contribution in [2.45, 2.75) is 18.9 Å². The molecule has 0 spiro atoms. The van der Waals surface area contributed by atoms with Gasteiger partial charge in [0.25, 0.3) is 5.91 Å². The number of nitrogens with zero attached hydrogens (tertiary/aromatic N) is 2. The molecule has 0 saturated carbocycles. The first-order valence-electron chi connectivity index (χ1n) is 7.58. The van der Waals surface area contributed by atoms with E-state index in [1.165, 1.54) is 6.20 Å². The minimum atomic E-state index is -0.844. The minimum Gasteiger partial charge on any atom is -0.331 e. The average Bonchev–Trinajstić information content (AvgIpc) is 3.16. The fourth-order valence-electron chi connectivity index (χ4n) is 2.51. The lowest BCUT2D eigenvalue weighted by Crippen LogP contribution is -2.35. The number of hydrogen-bond donors (Lipinski definition) is 3. The first kappa shape index (κ1) is 15.7. The maximum absolute atomic E-state index is 12.3. The smallest absolute Gasteiger partial charge is 0.324 e. The van der Waals surface area contributed by atoms with Crippen LogP contribution < -0.4 is 10.6 Å². The highest BCUT2D eigenvalue weighted by Gasteiger charge is 2.38. The number of anilines is 1. The van der Waals surface area contributed by atoms with Gasteiger partial charge in [-0.25, -0.2) is 9.78 Å². The molecule has 0 bridgehead atoms. The normalized spacial score (nSPS) is 17.0. The summed E-state index contributed by atoms with van der Waals surface area (Å²) in [5.74, 6) is -0.475. The number of amides is 4. The molecule has 2 aromatic rings. The number of carbonyl (C=O) groups is 3. The highest BCUT2D eigenvalue weighted by molar-refractivity contribution is 6.06. The van der Waals surface area contributed by atoms with Crippen molar-refractivity contribution < 1.29 is 14.4 Å². The van der Waals surface area contributed by atoms with Crippen molar-refractivity contribution in [2.24, 2.45) is 0 Å². The second-order valence-corrected chi connectivity index (χ2v) is 5.42. The zero-order valence-corrected chi connectivity index (χ0v) is 12.9. The Morgan fingerprint density at radius 3 is 2.75 bits per heavy atom. The van der Waals surface area contributed by atoms with Crippen LogP contribution in [0.15, 0.2) is 42.7 Å². The lowest BCUT2D eigenvalue weighted by atomic mass is 10.1. The molecule has 0 aliphatic carbocycles. The van der Waals surface area contributed by atoms with Gasteiger partial charge in [-0.05, 0) is 12.0 Å². The van der Waals surface area contributed by atoms with E-state index in [1.54, 1.807) is 6.20 Å². The molecule has 3 rings (SSSR count). The molecule has 8 heteroatoms. The van der Waals surface area contributed by atoms with E-state index in [1.807, 2.05) is 30.3 Å². The Bertz CT molecular complexity index is 729. The molecule has 8 nitrogen and oxygen atoms in total. The Morgan fingerprint density at radius 2 is 2.04 bits per heavy atom. The Kier molecular flexibility index (Phi) is 4.55. The second kappa shape index (κ2) is 6.95. The lowest BCUT2D eigenvalue weighted by molar-refractivity contribution is -0.129. The van der Waals surface area contributed by atoms with Crippen molar-refractivity contribution >= 4 is 23.8 Å². The summed E-state index contributed by atoms with van der Waals surface area (Å²) in [6, 6.07) is 8.28. The van der Waals surface area contributed by atoms with E-state index in [0.717, 1.165) is 10.5 Å². The van der Waals surface area contributed by atoms with Crippen LogP contribution in [0, 0.1) is 0 Å².